The average molecular weight is 571 g/mol. The quantitative estimate of drug-likeness (QED) is 0.415. The smallest absolute Gasteiger partial charge is 0.249 e. The largest absolute Gasteiger partial charge is 0.378 e. The highest BCUT2D eigenvalue weighted by molar-refractivity contribution is 5.94. The maximum absolute atomic E-state index is 14.1. The Morgan fingerprint density at radius 1 is 0.976 bits per heavy atom. The van der Waals surface area contributed by atoms with Crippen LogP contribution in [0.3, 0.4) is 0 Å². The predicted octanol–water partition coefficient (Wildman–Crippen LogP) is 3.99. The summed E-state index contributed by atoms with van der Waals surface area (Å²) < 4.78 is 5.38. The molecular weight excluding hydrogens is 516 g/mol. The summed E-state index contributed by atoms with van der Waals surface area (Å²) in [6.07, 6.45) is 1.89. The second-order valence-electron chi connectivity index (χ2n) is 13.6. The zero-order valence-electron chi connectivity index (χ0n) is 27.5. The van der Waals surface area contributed by atoms with Crippen molar-refractivity contribution in [3.05, 3.63) is 46.5 Å². The van der Waals surface area contributed by atoms with Gasteiger partial charge in [-0.2, -0.15) is 0 Å². The number of hydrogen-bond donors (Lipinski definition) is 2. The summed E-state index contributed by atoms with van der Waals surface area (Å²) in [7, 11) is 3.54. The monoisotopic (exact) mass is 570 g/mol. The van der Waals surface area contributed by atoms with Crippen LogP contribution in [-0.4, -0.2) is 86.0 Å². The lowest BCUT2D eigenvalue weighted by Crippen LogP contribution is -2.61. The molecule has 1 heterocycles. The number of morpholine rings is 1. The number of carbonyl (C=O) groups excluding carboxylic acids is 3. The van der Waals surface area contributed by atoms with Crippen molar-refractivity contribution < 1.29 is 19.1 Å². The van der Waals surface area contributed by atoms with Gasteiger partial charge in [0.15, 0.2) is 0 Å². The molecule has 3 amide bonds. The summed E-state index contributed by atoms with van der Waals surface area (Å²) in [5, 5.41) is 6.33. The number of benzene rings is 1. The third-order valence-corrected chi connectivity index (χ3v) is 8.17. The number of aryl methyl sites for hydroxylation is 2. The van der Waals surface area contributed by atoms with Crippen molar-refractivity contribution in [2.75, 3.05) is 40.4 Å². The Balaban J connectivity index is 2.34. The maximum Gasteiger partial charge on any atom is 0.249 e. The molecule has 8 nitrogen and oxygen atoms in total. The minimum atomic E-state index is -0.768. The summed E-state index contributed by atoms with van der Waals surface area (Å²) in [5.74, 6) is -0.396. The van der Waals surface area contributed by atoms with Crippen LogP contribution in [0.2, 0.25) is 0 Å². The van der Waals surface area contributed by atoms with Crippen LogP contribution in [0.25, 0.3) is 0 Å². The molecule has 0 spiro atoms. The molecule has 0 bridgehead atoms. The van der Waals surface area contributed by atoms with Gasteiger partial charge in [0.25, 0.3) is 0 Å². The predicted molar refractivity (Wildman–Crippen MR) is 166 cm³/mol. The number of carbonyl (C=O) groups is 3. The van der Waals surface area contributed by atoms with Gasteiger partial charge in [0, 0.05) is 31.1 Å². The van der Waals surface area contributed by atoms with Gasteiger partial charge >= 0.3 is 0 Å². The summed E-state index contributed by atoms with van der Waals surface area (Å²) in [4.78, 5) is 44.5. The Hall–Kier alpha value is -2.71. The number of hydrogen-bond acceptors (Lipinski definition) is 5. The minimum absolute atomic E-state index is 0.0362. The van der Waals surface area contributed by atoms with Gasteiger partial charge in [0.1, 0.15) is 6.04 Å². The minimum Gasteiger partial charge on any atom is -0.378 e. The highest BCUT2D eigenvalue weighted by atomic mass is 16.5. The van der Waals surface area contributed by atoms with Crippen LogP contribution in [0.15, 0.2) is 29.8 Å². The molecule has 0 aromatic heterocycles. The van der Waals surface area contributed by atoms with E-state index in [4.69, 9.17) is 4.74 Å². The first-order valence-corrected chi connectivity index (χ1v) is 14.8. The highest BCUT2D eigenvalue weighted by Crippen LogP contribution is 2.30. The van der Waals surface area contributed by atoms with Crippen LogP contribution in [0.4, 0.5) is 0 Å². The van der Waals surface area contributed by atoms with Crippen LogP contribution in [0, 0.1) is 25.2 Å². The normalized spacial score (nSPS) is 17.2. The number of ether oxygens (including phenoxy) is 1. The molecule has 1 fully saturated rings. The second kappa shape index (κ2) is 14.0. The topological polar surface area (TPSA) is 91.0 Å². The van der Waals surface area contributed by atoms with Gasteiger partial charge in [-0.05, 0) is 44.7 Å². The van der Waals surface area contributed by atoms with Crippen molar-refractivity contribution in [1.82, 2.24) is 20.4 Å². The van der Waals surface area contributed by atoms with E-state index in [1.54, 1.807) is 30.8 Å². The molecule has 1 aromatic rings. The fourth-order valence-corrected chi connectivity index (χ4v) is 5.65. The van der Waals surface area contributed by atoms with Gasteiger partial charge in [0.2, 0.25) is 17.7 Å². The third kappa shape index (κ3) is 8.65. The van der Waals surface area contributed by atoms with E-state index in [9.17, 15) is 14.4 Å². The molecule has 1 aromatic carbocycles. The number of nitrogens with zero attached hydrogens (tertiary/aromatic N) is 2. The lowest BCUT2D eigenvalue weighted by atomic mass is 9.76. The van der Waals surface area contributed by atoms with Crippen LogP contribution >= 0.6 is 0 Å². The summed E-state index contributed by atoms with van der Waals surface area (Å²) in [5.41, 5.74) is 2.86. The third-order valence-electron chi connectivity index (χ3n) is 8.17. The van der Waals surface area contributed by atoms with Gasteiger partial charge in [-0.3, -0.25) is 14.4 Å². The van der Waals surface area contributed by atoms with E-state index in [1.165, 1.54) is 0 Å². The number of nitrogens with one attached hydrogen (secondary N) is 2. The molecule has 1 saturated heterocycles. The first kappa shape index (κ1) is 34.5. The molecule has 8 heteroatoms. The van der Waals surface area contributed by atoms with E-state index >= 15 is 0 Å². The summed E-state index contributed by atoms with van der Waals surface area (Å²) >= 11 is 0. The fraction of sp³-hybridized carbons (Fsp3) is 0.667. The molecule has 0 aliphatic carbocycles. The van der Waals surface area contributed by atoms with Crippen molar-refractivity contribution in [1.29, 1.82) is 0 Å². The zero-order valence-corrected chi connectivity index (χ0v) is 27.5. The van der Waals surface area contributed by atoms with Gasteiger partial charge in [-0.1, -0.05) is 83.9 Å². The van der Waals surface area contributed by atoms with E-state index in [0.29, 0.717) is 31.9 Å². The molecule has 1 aliphatic heterocycles. The molecule has 3 atom stereocenters. The molecule has 2 N–H and O–H groups in total. The summed E-state index contributed by atoms with van der Waals surface area (Å²) in [6.45, 7) is 22.2. The van der Waals surface area contributed by atoms with Crippen LogP contribution in [-0.2, 0) is 24.5 Å². The van der Waals surface area contributed by atoms with Crippen molar-refractivity contribution in [2.45, 2.75) is 92.8 Å². The first-order chi connectivity index (χ1) is 18.9. The number of rotatable bonds is 10. The number of likely N-dealkylation sites (N-methyl/N-ethyl adjacent to an activating group) is 2. The lowest BCUT2D eigenvalue weighted by Gasteiger charge is -2.40. The molecule has 2 rings (SSSR count). The van der Waals surface area contributed by atoms with Gasteiger partial charge in [0.05, 0.1) is 25.3 Å². The van der Waals surface area contributed by atoms with E-state index in [1.807, 2.05) is 40.7 Å². The van der Waals surface area contributed by atoms with Crippen molar-refractivity contribution in [3.8, 4) is 0 Å². The van der Waals surface area contributed by atoms with E-state index in [0.717, 1.165) is 16.7 Å². The van der Waals surface area contributed by atoms with Crippen LogP contribution in [0.1, 0.15) is 72.1 Å². The van der Waals surface area contributed by atoms with Gasteiger partial charge in [-0.15, -0.1) is 0 Å². The molecule has 230 valence electrons. The SMILES string of the molecule is CN[C@@H](C(=O)N[C@H](C(=O)N(C)[C@H](/C=C(\C)C(=O)N1CCOCC1)C(C)C)C(C)(C)C)C(C)(C)c1cc(C)cc(C)c1. The van der Waals surface area contributed by atoms with Crippen molar-refractivity contribution in [2.24, 2.45) is 11.3 Å². The Labute approximate surface area is 248 Å². The fourth-order valence-electron chi connectivity index (χ4n) is 5.65. The van der Waals surface area contributed by atoms with Gasteiger partial charge in [-0.25, -0.2) is 0 Å². The van der Waals surface area contributed by atoms with E-state index in [-0.39, 0.29) is 29.7 Å². The van der Waals surface area contributed by atoms with Crippen molar-refractivity contribution >= 4 is 17.7 Å². The second-order valence-corrected chi connectivity index (χ2v) is 13.6. The Bertz CT molecular complexity index is 1090. The van der Waals surface area contributed by atoms with Crippen LogP contribution < -0.4 is 10.6 Å². The summed E-state index contributed by atoms with van der Waals surface area (Å²) in [6, 6.07) is 4.70. The maximum atomic E-state index is 14.1. The van der Waals surface area contributed by atoms with Gasteiger partial charge < -0.3 is 25.2 Å². The standard InChI is InChI=1S/C33H54N4O4/c1-21(2)26(20-24(5)30(39)37-13-15-41-16-14-37)36(12)31(40)28(32(6,7)8)35-29(38)27(34-11)33(9,10)25-18-22(3)17-23(4)19-25/h17-21,26-28,34H,13-16H2,1-12H3,(H,35,38)/b24-20+/t26-,27+,28-/m1/s1. The Morgan fingerprint density at radius 2 is 1.51 bits per heavy atom. The van der Waals surface area contributed by atoms with E-state index < -0.39 is 22.9 Å². The van der Waals surface area contributed by atoms with Crippen molar-refractivity contribution in [3.63, 3.8) is 0 Å². The molecule has 0 saturated carbocycles. The Kier molecular flexibility index (Phi) is 11.8. The molecule has 41 heavy (non-hydrogen) atoms. The van der Waals surface area contributed by atoms with Crippen LogP contribution in [0.5, 0.6) is 0 Å². The lowest BCUT2D eigenvalue weighted by molar-refractivity contribution is -0.141. The first-order valence-electron chi connectivity index (χ1n) is 14.8. The highest BCUT2D eigenvalue weighted by Gasteiger charge is 2.41. The molecular formula is C33H54N4O4. The molecule has 1 aliphatic rings. The van der Waals surface area contributed by atoms with E-state index in [2.05, 4.69) is 56.5 Å². The number of amides is 3. The Morgan fingerprint density at radius 3 is 1.98 bits per heavy atom. The average Bonchev–Trinajstić information content (AvgIpc) is 2.88. The zero-order chi connectivity index (χ0) is 31.3. The molecule has 0 unspecified atom stereocenters. The molecule has 0 radical (unpaired) electrons.